The van der Waals surface area contributed by atoms with E-state index in [1.165, 1.54) is 38.2 Å². The fourth-order valence-electron chi connectivity index (χ4n) is 8.71. The highest BCUT2D eigenvalue weighted by atomic mass is 16.3. The van der Waals surface area contributed by atoms with Crippen LogP contribution in [0.15, 0.2) is 212 Å². The molecule has 5 nitrogen and oxygen atoms in total. The van der Waals surface area contributed by atoms with Gasteiger partial charge in [0, 0.05) is 38.2 Å². The smallest absolute Gasteiger partial charge is 0.164 e. The Balaban J connectivity index is 1.21. The highest BCUT2D eigenvalue weighted by Gasteiger charge is 2.23. The van der Waals surface area contributed by atoms with Gasteiger partial charge in [-0.2, -0.15) is 0 Å². The largest absolute Gasteiger partial charge is 0.454 e. The lowest BCUT2D eigenvalue weighted by atomic mass is 9.94. The Morgan fingerprint density at radius 1 is 0.483 bits per heavy atom. The molecule has 0 fully saturated rings. The standard InChI is InChI=1S/C55H36N4O/c1-3-18-35(4-2)53-56-54(38-23-12-7-13-24-38)58-55(57-53)43-28-17-30-49-51(43)42-27-16-29-47(52(42)60-49)59-46-32-31-39(36-19-8-5-9-20-36)33-45(46)50-41-26-15-14-25-40(41)44(34-48(50)59)37-21-10-6-11-22-37/h3-34H,1-2H2/b35-18+. The minimum atomic E-state index is 0.515. The number of rotatable bonds is 8. The van der Waals surface area contributed by atoms with Crippen LogP contribution in [-0.2, 0) is 0 Å². The molecule has 0 N–H and O–H groups in total. The van der Waals surface area contributed by atoms with Crippen molar-refractivity contribution in [1.29, 1.82) is 0 Å². The van der Waals surface area contributed by atoms with Crippen molar-refractivity contribution in [2.45, 2.75) is 0 Å². The quantitative estimate of drug-likeness (QED) is 0.144. The van der Waals surface area contributed by atoms with Crippen LogP contribution in [0.2, 0.25) is 0 Å². The molecule has 0 bridgehead atoms. The number of benzene rings is 8. The van der Waals surface area contributed by atoms with Crippen molar-refractivity contribution in [2.75, 3.05) is 0 Å². The Kier molecular flexibility index (Phi) is 8.38. The van der Waals surface area contributed by atoms with Crippen molar-refractivity contribution in [3.05, 3.63) is 213 Å². The maximum Gasteiger partial charge on any atom is 0.164 e. The average molecular weight is 769 g/mol. The van der Waals surface area contributed by atoms with Gasteiger partial charge in [-0.15, -0.1) is 0 Å². The number of para-hydroxylation sites is 1. The minimum absolute atomic E-state index is 0.515. The fraction of sp³-hybridized carbons (Fsp3) is 0. The number of hydrogen-bond acceptors (Lipinski definition) is 4. The van der Waals surface area contributed by atoms with E-state index in [0.717, 1.165) is 60.9 Å². The summed E-state index contributed by atoms with van der Waals surface area (Å²) in [6.07, 6.45) is 5.33. The van der Waals surface area contributed by atoms with E-state index in [1.807, 2.05) is 48.5 Å². The first kappa shape index (κ1) is 35.0. The lowest BCUT2D eigenvalue weighted by molar-refractivity contribution is 0.666. The second-order valence-electron chi connectivity index (χ2n) is 14.8. The highest BCUT2D eigenvalue weighted by Crippen LogP contribution is 2.45. The van der Waals surface area contributed by atoms with Crippen molar-refractivity contribution in [1.82, 2.24) is 19.5 Å². The summed E-state index contributed by atoms with van der Waals surface area (Å²) in [5.41, 5.74) is 11.8. The predicted molar refractivity (Wildman–Crippen MR) is 249 cm³/mol. The lowest BCUT2D eigenvalue weighted by Crippen LogP contribution is -2.02. The van der Waals surface area contributed by atoms with Crippen LogP contribution < -0.4 is 0 Å². The summed E-state index contributed by atoms with van der Waals surface area (Å²) in [7, 11) is 0. The van der Waals surface area contributed by atoms with E-state index in [1.54, 1.807) is 12.2 Å². The van der Waals surface area contributed by atoms with E-state index < -0.39 is 0 Å². The molecule has 60 heavy (non-hydrogen) atoms. The molecule has 0 aliphatic carbocycles. The molecule has 282 valence electrons. The van der Waals surface area contributed by atoms with Gasteiger partial charge in [-0.25, -0.2) is 15.0 Å². The third-order valence-electron chi connectivity index (χ3n) is 11.4. The van der Waals surface area contributed by atoms with Crippen molar-refractivity contribution < 1.29 is 4.42 Å². The topological polar surface area (TPSA) is 56.7 Å². The molecule has 8 aromatic carbocycles. The van der Waals surface area contributed by atoms with Crippen LogP contribution in [-0.4, -0.2) is 19.5 Å². The van der Waals surface area contributed by atoms with Crippen LogP contribution >= 0.6 is 0 Å². The summed E-state index contributed by atoms with van der Waals surface area (Å²) in [6, 6.07) is 61.7. The van der Waals surface area contributed by atoms with Gasteiger partial charge in [0.05, 0.1) is 16.7 Å². The molecule has 3 aromatic heterocycles. The monoisotopic (exact) mass is 768 g/mol. The van der Waals surface area contributed by atoms with Gasteiger partial charge in [-0.05, 0) is 63.4 Å². The number of nitrogens with zero attached hydrogens (tertiary/aromatic N) is 4. The third kappa shape index (κ3) is 5.67. The van der Waals surface area contributed by atoms with Gasteiger partial charge in [-0.1, -0.05) is 177 Å². The summed E-state index contributed by atoms with van der Waals surface area (Å²) in [6.45, 7) is 7.96. The van der Waals surface area contributed by atoms with Crippen molar-refractivity contribution >= 4 is 60.1 Å². The van der Waals surface area contributed by atoms with Gasteiger partial charge in [0.1, 0.15) is 5.58 Å². The molecule has 0 spiro atoms. The van der Waals surface area contributed by atoms with Crippen LogP contribution in [0.4, 0.5) is 0 Å². The maximum absolute atomic E-state index is 6.98. The van der Waals surface area contributed by atoms with Gasteiger partial charge < -0.3 is 8.98 Å². The molecule has 0 aliphatic rings. The maximum atomic E-state index is 6.98. The Labute approximate surface area is 346 Å². The van der Waals surface area contributed by atoms with Crippen LogP contribution in [0.25, 0.3) is 111 Å². The van der Waals surface area contributed by atoms with Crippen LogP contribution in [0.5, 0.6) is 0 Å². The van der Waals surface area contributed by atoms with Crippen molar-refractivity contribution in [2.24, 2.45) is 0 Å². The van der Waals surface area contributed by atoms with E-state index in [9.17, 15) is 0 Å². The number of aromatic nitrogens is 4. The molecule has 5 heteroatoms. The van der Waals surface area contributed by atoms with E-state index >= 15 is 0 Å². The zero-order valence-corrected chi connectivity index (χ0v) is 32.6. The van der Waals surface area contributed by atoms with E-state index in [-0.39, 0.29) is 0 Å². The molecule has 0 aliphatic heterocycles. The molecule has 0 unspecified atom stereocenters. The predicted octanol–water partition coefficient (Wildman–Crippen LogP) is 14.4. The van der Waals surface area contributed by atoms with Crippen LogP contribution in [0.1, 0.15) is 5.82 Å². The van der Waals surface area contributed by atoms with E-state index in [4.69, 9.17) is 19.4 Å². The number of fused-ring (bicyclic) bond motifs is 8. The molecule has 0 saturated carbocycles. The van der Waals surface area contributed by atoms with Crippen molar-refractivity contribution in [3.63, 3.8) is 0 Å². The zero-order chi connectivity index (χ0) is 40.2. The second-order valence-corrected chi connectivity index (χ2v) is 14.8. The molecular formula is C55H36N4O. The first-order valence-electron chi connectivity index (χ1n) is 20.0. The van der Waals surface area contributed by atoms with Crippen LogP contribution in [0.3, 0.4) is 0 Å². The first-order chi connectivity index (χ1) is 29.7. The summed E-state index contributed by atoms with van der Waals surface area (Å²) < 4.78 is 9.36. The first-order valence-corrected chi connectivity index (χ1v) is 20.0. The average Bonchev–Trinajstić information content (AvgIpc) is 3.87. The Bertz CT molecular complexity index is 3510. The molecule has 0 amide bonds. The summed E-state index contributed by atoms with van der Waals surface area (Å²) in [4.78, 5) is 15.0. The second kappa shape index (κ2) is 14.3. The Morgan fingerprint density at radius 3 is 1.90 bits per heavy atom. The zero-order valence-electron chi connectivity index (χ0n) is 32.6. The van der Waals surface area contributed by atoms with Crippen molar-refractivity contribution in [3.8, 4) is 50.7 Å². The number of hydrogen-bond donors (Lipinski definition) is 0. The van der Waals surface area contributed by atoms with Crippen LogP contribution in [0, 0.1) is 0 Å². The molecule has 11 rings (SSSR count). The number of allylic oxidation sites excluding steroid dienone is 4. The van der Waals surface area contributed by atoms with E-state index in [0.29, 0.717) is 17.5 Å². The lowest BCUT2D eigenvalue weighted by Gasteiger charge is -2.12. The van der Waals surface area contributed by atoms with Gasteiger partial charge in [0.2, 0.25) is 0 Å². The van der Waals surface area contributed by atoms with Gasteiger partial charge in [0.25, 0.3) is 0 Å². The third-order valence-corrected chi connectivity index (χ3v) is 11.4. The molecule has 11 aromatic rings. The molecule has 0 radical (unpaired) electrons. The summed E-state index contributed by atoms with van der Waals surface area (Å²) in [5, 5.41) is 6.68. The molecular weight excluding hydrogens is 733 g/mol. The van der Waals surface area contributed by atoms with Gasteiger partial charge in [-0.3, -0.25) is 0 Å². The normalized spacial score (nSPS) is 11.9. The Morgan fingerprint density at radius 2 is 1.15 bits per heavy atom. The van der Waals surface area contributed by atoms with Gasteiger partial charge >= 0.3 is 0 Å². The van der Waals surface area contributed by atoms with Gasteiger partial charge in [0.15, 0.2) is 23.1 Å². The minimum Gasteiger partial charge on any atom is -0.454 e. The highest BCUT2D eigenvalue weighted by molar-refractivity contribution is 6.25. The summed E-state index contributed by atoms with van der Waals surface area (Å²) in [5.74, 6) is 1.62. The summed E-state index contributed by atoms with van der Waals surface area (Å²) >= 11 is 0. The molecule has 0 saturated heterocycles. The molecule has 3 heterocycles. The SMILES string of the molecule is C=C/C=C(\C=C)c1nc(-c2ccccc2)nc(-c2cccc3oc4c(-n5c6ccc(-c7ccccc7)cc6c6c7ccccc7c(-c7ccccc7)cc65)cccc4c23)n1. The Hall–Kier alpha value is -8.15. The fourth-order valence-corrected chi connectivity index (χ4v) is 8.71. The van der Waals surface area contributed by atoms with E-state index in [2.05, 4.69) is 151 Å². The number of furan rings is 1. The molecule has 0 atom stereocenters.